The van der Waals surface area contributed by atoms with Crippen LogP contribution in [0.3, 0.4) is 0 Å². The third-order valence-electron chi connectivity index (χ3n) is 3.96. The SMILES string of the molecule is Cc1nc(C)c(CCNC(=O)C2(CN)CCOCC2)s1.Cl.Cl. The zero-order valence-electron chi connectivity index (χ0n) is 13.0. The number of aromatic nitrogens is 1. The van der Waals surface area contributed by atoms with Crippen LogP contribution in [0.5, 0.6) is 0 Å². The van der Waals surface area contributed by atoms with Gasteiger partial charge in [-0.05, 0) is 26.7 Å². The van der Waals surface area contributed by atoms with Gasteiger partial charge in [0.15, 0.2) is 0 Å². The average molecular weight is 370 g/mol. The quantitative estimate of drug-likeness (QED) is 0.831. The fourth-order valence-corrected chi connectivity index (χ4v) is 3.51. The van der Waals surface area contributed by atoms with Crippen molar-refractivity contribution >= 4 is 42.1 Å². The van der Waals surface area contributed by atoms with Gasteiger partial charge in [0.2, 0.25) is 5.91 Å². The summed E-state index contributed by atoms with van der Waals surface area (Å²) in [6, 6.07) is 0. The summed E-state index contributed by atoms with van der Waals surface area (Å²) in [5.74, 6) is 0.0715. The number of rotatable bonds is 5. The van der Waals surface area contributed by atoms with Crippen LogP contribution in [-0.4, -0.2) is 37.2 Å². The smallest absolute Gasteiger partial charge is 0.227 e. The highest BCUT2D eigenvalue weighted by atomic mass is 35.5. The second-order valence-corrected chi connectivity index (χ2v) is 6.63. The summed E-state index contributed by atoms with van der Waals surface area (Å²) in [6.45, 7) is 6.30. The number of aryl methyl sites for hydroxylation is 2. The largest absolute Gasteiger partial charge is 0.381 e. The normalized spacial score (nSPS) is 16.3. The van der Waals surface area contributed by atoms with Crippen molar-refractivity contribution in [2.45, 2.75) is 33.1 Å². The molecule has 2 rings (SSSR count). The lowest BCUT2D eigenvalue weighted by Crippen LogP contribution is -2.49. The van der Waals surface area contributed by atoms with E-state index in [0.717, 1.165) is 17.1 Å². The maximum absolute atomic E-state index is 12.4. The van der Waals surface area contributed by atoms with Crippen LogP contribution in [0.4, 0.5) is 0 Å². The van der Waals surface area contributed by atoms with E-state index in [4.69, 9.17) is 10.5 Å². The third-order valence-corrected chi connectivity index (χ3v) is 5.09. The summed E-state index contributed by atoms with van der Waals surface area (Å²) < 4.78 is 5.33. The van der Waals surface area contributed by atoms with Crippen molar-refractivity contribution in [2.75, 3.05) is 26.3 Å². The van der Waals surface area contributed by atoms with Gasteiger partial charge in [0, 0.05) is 37.6 Å². The third kappa shape index (κ3) is 5.06. The Balaban J connectivity index is 0.00000220. The first-order valence-corrected chi connectivity index (χ1v) is 7.88. The van der Waals surface area contributed by atoms with Crippen LogP contribution in [-0.2, 0) is 16.0 Å². The fourth-order valence-electron chi connectivity index (χ4n) is 2.57. The average Bonchev–Trinajstić information content (AvgIpc) is 2.77. The molecular formula is C14H25Cl2N3O2S. The zero-order chi connectivity index (χ0) is 14.6. The predicted octanol–water partition coefficient (Wildman–Crippen LogP) is 2.02. The highest BCUT2D eigenvalue weighted by molar-refractivity contribution is 7.11. The molecule has 8 heteroatoms. The molecule has 0 bridgehead atoms. The molecule has 22 heavy (non-hydrogen) atoms. The van der Waals surface area contributed by atoms with Crippen molar-refractivity contribution in [3.8, 4) is 0 Å². The van der Waals surface area contributed by atoms with Crippen LogP contribution in [0, 0.1) is 19.3 Å². The van der Waals surface area contributed by atoms with E-state index in [1.165, 1.54) is 4.88 Å². The molecule has 1 saturated heterocycles. The van der Waals surface area contributed by atoms with Gasteiger partial charge in [-0.25, -0.2) is 4.98 Å². The van der Waals surface area contributed by atoms with Crippen LogP contribution >= 0.6 is 36.2 Å². The van der Waals surface area contributed by atoms with E-state index in [1.54, 1.807) is 11.3 Å². The van der Waals surface area contributed by atoms with Gasteiger partial charge in [0.05, 0.1) is 16.1 Å². The number of nitrogens with one attached hydrogen (secondary N) is 1. The second kappa shape index (κ2) is 9.67. The van der Waals surface area contributed by atoms with Crippen molar-refractivity contribution in [3.63, 3.8) is 0 Å². The van der Waals surface area contributed by atoms with Gasteiger partial charge in [0.25, 0.3) is 0 Å². The molecule has 2 heterocycles. The number of nitrogens with two attached hydrogens (primary N) is 1. The van der Waals surface area contributed by atoms with Crippen LogP contribution in [0.2, 0.25) is 0 Å². The standard InChI is InChI=1S/C14H23N3O2S.2ClH/c1-10-12(20-11(2)17-10)3-6-16-13(18)14(9-15)4-7-19-8-5-14;;/h3-9,15H2,1-2H3,(H,16,18);2*1H. The molecule has 0 radical (unpaired) electrons. The van der Waals surface area contributed by atoms with Gasteiger partial charge in [-0.15, -0.1) is 36.2 Å². The van der Waals surface area contributed by atoms with E-state index < -0.39 is 5.41 Å². The van der Waals surface area contributed by atoms with E-state index in [9.17, 15) is 4.79 Å². The highest BCUT2D eigenvalue weighted by Crippen LogP contribution is 2.29. The Labute approximate surface area is 148 Å². The molecule has 0 saturated carbocycles. The summed E-state index contributed by atoms with van der Waals surface area (Å²) in [5, 5.41) is 4.11. The number of ether oxygens (including phenoxy) is 1. The molecule has 1 aromatic rings. The minimum atomic E-state index is -0.434. The molecule has 1 fully saturated rings. The van der Waals surface area contributed by atoms with Crippen LogP contribution in [0.1, 0.15) is 28.4 Å². The van der Waals surface area contributed by atoms with Gasteiger partial charge < -0.3 is 15.8 Å². The number of hydrogen-bond acceptors (Lipinski definition) is 5. The molecule has 3 N–H and O–H groups in total. The molecule has 1 amide bonds. The zero-order valence-corrected chi connectivity index (χ0v) is 15.5. The lowest BCUT2D eigenvalue weighted by molar-refractivity contribution is -0.135. The number of hydrogen-bond donors (Lipinski definition) is 2. The molecule has 1 aliphatic heterocycles. The van der Waals surface area contributed by atoms with E-state index in [-0.39, 0.29) is 30.7 Å². The Kier molecular flexibility index (Phi) is 9.50. The molecule has 0 atom stereocenters. The van der Waals surface area contributed by atoms with E-state index in [0.29, 0.717) is 39.1 Å². The fraction of sp³-hybridized carbons (Fsp3) is 0.714. The van der Waals surface area contributed by atoms with Crippen molar-refractivity contribution in [3.05, 3.63) is 15.6 Å². The molecule has 1 aromatic heterocycles. The van der Waals surface area contributed by atoms with Crippen LogP contribution < -0.4 is 11.1 Å². The Morgan fingerprint density at radius 1 is 1.36 bits per heavy atom. The molecule has 0 unspecified atom stereocenters. The lowest BCUT2D eigenvalue weighted by Gasteiger charge is -2.34. The number of halogens is 2. The number of thiazole rings is 1. The number of amides is 1. The Bertz CT molecular complexity index is 477. The molecule has 5 nitrogen and oxygen atoms in total. The van der Waals surface area contributed by atoms with E-state index in [2.05, 4.69) is 10.3 Å². The molecular weight excluding hydrogens is 345 g/mol. The Hall–Kier alpha value is -0.400. The Morgan fingerprint density at radius 3 is 2.50 bits per heavy atom. The number of carbonyl (C=O) groups excluding carboxylic acids is 1. The molecule has 128 valence electrons. The summed E-state index contributed by atoms with van der Waals surface area (Å²) in [6.07, 6.45) is 2.27. The predicted molar refractivity (Wildman–Crippen MR) is 94.3 cm³/mol. The highest BCUT2D eigenvalue weighted by Gasteiger charge is 2.38. The lowest BCUT2D eigenvalue weighted by atomic mass is 9.79. The van der Waals surface area contributed by atoms with Crippen LogP contribution in [0.25, 0.3) is 0 Å². The van der Waals surface area contributed by atoms with Gasteiger partial charge in [-0.2, -0.15) is 0 Å². The number of carbonyl (C=O) groups is 1. The van der Waals surface area contributed by atoms with Gasteiger partial charge in [0.1, 0.15) is 0 Å². The first-order valence-electron chi connectivity index (χ1n) is 7.06. The van der Waals surface area contributed by atoms with Crippen LogP contribution in [0.15, 0.2) is 0 Å². The molecule has 0 aliphatic carbocycles. The minimum absolute atomic E-state index is 0. The van der Waals surface area contributed by atoms with Crippen molar-refractivity contribution < 1.29 is 9.53 Å². The number of nitrogens with zero attached hydrogens (tertiary/aromatic N) is 1. The first-order chi connectivity index (χ1) is 9.57. The van der Waals surface area contributed by atoms with Gasteiger partial charge in [-0.1, -0.05) is 0 Å². The summed E-state index contributed by atoms with van der Waals surface area (Å²) in [7, 11) is 0. The van der Waals surface area contributed by atoms with Crippen molar-refractivity contribution in [2.24, 2.45) is 11.1 Å². The summed E-state index contributed by atoms with van der Waals surface area (Å²) in [5.41, 5.74) is 6.46. The summed E-state index contributed by atoms with van der Waals surface area (Å²) in [4.78, 5) is 18.0. The van der Waals surface area contributed by atoms with E-state index >= 15 is 0 Å². The van der Waals surface area contributed by atoms with Crippen molar-refractivity contribution in [1.29, 1.82) is 0 Å². The maximum Gasteiger partial charge on any atom is 0.227 e. The minimum Gasteiger partial charge on any atom is -0.381 e. The van der Waals surface area contributed by atoms with Crippen molar-refractivity contribution in [1.82, 2.24) is 10.3 Å². The Morgan fingerprint density at radius 2 is 2.00 bits per heavy atom. The van der Waals surface area contributed by atoms with Gasteiger partial charge in [-0.3, -0.25) is 4.79 Å². The molecule has 0 aromatic carbocycles. The first kappa shape index (κ1) is 21.6. The summed E-state index contributed by atoms with van der Waals surface area (Å²) >= 11 is 1.70. The van der Waals surface area contributed by atoms with E-state index in [1.807, 2.05) is 13.8 Å². The maximum atomic E-state index is 12.4. The monoisotopic (exact) mass is 369 g/mol. The second-order valence-electron chi connectivity index (χ2n) is 5.34. The molecule has 0 spiro atoms. The van der Waals surface area contributed by atoms with Gasteiger partial charge >= 0.3 is 0 Å². The topological polar surface area (TPSA) is 77.2 Å². The molecule has 1 aliphatic rings.